The van der Waals surface area contributed by atoms with Gasteiger partial charge in [0.1, 0.15) is 12.4 Å². The van der Waals surface area contributed by atoms with Crippen molar-refractivity contribution in [2.45, 2.75) is 19.9 Å². The fraction of sp³-hybridized carbons (Fsp3) is 0.263. The van der Waals surface area contributed by atoms with Crippen LogP contribution in [0.3, 0.4) is 0 Å². The van der Waals surface area contributed by atoms with Gasteiger partial charge in [-0.15, -0.1) is 11.3 Å². The zero-order valence-corrected chi connectivity index (χ0v) is 15.1. The Kier molecular flexibility index (Phi) is 6.23. The summed E-state index contributed by atoms with van der Waals surface area (Å²) in [5, 5.41) is 8.75. The van der Waals surface area contributed by atoms with Crippen LogP contribution in [-0.4, -0.2) is 29.0 Å². The summed E-state index contributed by atoms with van der Waals surface area (Å²) in [6, 6.07) is 14.4. The zero-order chi connectivity index (χ0) is 17.3. The van der Waals surface area contributed by atoms with Crippen molar-refractivity contribution in [2.24, 2.45) is 4.99 Å². The van der Waals surface area contributed by atoms with Crippen molar-refractivity contribution in [1.82, 2.24) is 20.6 Å². The predicted octanol–water partition coefficient (Wildman–Crippen LogP) is 3.44. The van der Waals surface area contributed by atoms with E-state index in [0.717, 1.165) is 42.6 Å². The SMILES string of the molecule is CCNC(=NCc1ncc(-c2ccccc2)[nH]1)NCCc1cccs1. The maximum Gasteiger partial charge on any atom is 0.191 e. The summed E-state index contributed by atoms with van der Waals surface area (Å²) in [6.45, 7) is 4.27. The van der Waals surface area contributed by atoms with E-state index in [4.69, 9.17) is 0 Å². The predicted molar refractivity (Wildman–Crippen MR) is 105 cm³/mol. The van der Waals surface area contributed by atoms with Crippen molar-refractivity contribution in [3.63, 3.8) is 0 Å². The van der Waals surface area contributed by atoms with Gasteiger partial charge in [-0.25, -0.2) is 9.98 Å². The van der Waals surface area contributed by atoms with Gasteiger partial charge in [0.25, 0.3) is 0 Å². The molecule has 0 saturated heterocycles. The molecule has 0 spiro atoms. The van der Waals surface area contributed by atoms with Crippen molar-refractivity contribution >= 4 is 17.3 Å². The molecular weight excluding hydrogens is 330 g/mol. The fourth-order valence-corrected chi connectivity index (χ4v) is 3.17. The molecule has 5 nitrogen and oxygen atoms in total. The molecule has 25 heavy (non-hydrogen) atoms. The third-order valence-electron chi connectivity index (χ3n) is 3.69. The first-order chi connectivity index (χ1) is 12.3. The molecular formula is C19H23N5S. The molecule has 1 aromatic carbocycles. The van der Waals surface area contributed by atoms with E-state index in [9.17, 15) is 0 Å². The number of nitrogens with zero attached hydrogens (tertiary/aromatic N) is 2. The quantitative estimate of drug-likeness (QED) is 0.450. The largest absolute Gasteiger partial charge is 0.357 e. The summed E-state index contributed by atoms with van der Waals surface area (Å²) in [5.41, 5.74) is 2.15. The average Bonchev–Trinajstić information content (AvgIpc) is 3.32. The molecule has 3 N–H and O–H groups in total. The third kappa shape index (κ3) is 5.19. The molecule has 3 aromatic rings. The number of hydrogen-bond donors (Lipinski definition) is 3. The first-order valence-corrected chi connectivity index (χ1v) is 9.37. The summed E-state index contributed by atoms with van der Waals surface area (Å²) in [5.74, 6) is 1.67. The minimum absolute atomic E-state index is 0.515. The van der Waals surface area contributed by atoms with E-state index in [0.29, 0.717) is 6.54 Å². The number of guanidine groups is 1. The molecule has 0 amide bonds. The molecule has 0 radical (unpaired) electrons. The van der Waals surface area contributed by atoms with Crippen LogP contribution in [0.4, 0.5) is 0 Å². The molecule has 0 aliphatic carbocycles. The van der Waals surface area contributed by atoms with Crippen molar-refractivity contribution in [1.29, 1.82) is 0 Å². The van der Waals surface area contributed by atoms with Crippen molar-refractivity contribution in [2.75, 3.05) is 13.1 Å². The second kappa shape index (κ2) is 9.03. The van der Waals surface area contributed by atoms with Crippen molar-refractivity contribution < 1.29 is 0 Å². The first kappa shape index (κ1) is 17.2. The number of H-pyrrole nitrogens is 1. The normalized spacial score (nSPS) is 11.5. The Morgan fingerprint density at radius 1 is 1.16 bits per heavy atom. The second-order valence-electron chi connectivity index (χ2n) is 5.56. The standard InChI is InChI=1S/C19H23N5S/c1-2-20-19(21-11-10-16-9-6-12-25-16)23-14-18-22-13-17(24-18)15-7-4-3-5-8-15/h3-9,12-13H,2,10-11,14H2,1H3,(H,22,24)(H2,20,21,23). The molecule has 0 bridgehead atoms. The molecule has 0 aliphatic rings. The zero-order valence-electron chi connectivity index (χ0n) is 14.3. The van der Waals surface area contributed by atoms with Crippen molar-refractivity contribution in [3.8, 4) is 11.3 Å². The lowest BCUT2D eigenvalue weighted by Gasteiger charge is -2.10. The summed E-state index contributed by atoms with van der Waals surface area (Å²) >= 11 is 1.78. The maximum atomic E-state index is 4.61. The summed E-state index contributed by atoms with van der Waals surface area (Å²) in [7, 11) is 0. The van der Waals surface area contributed by atoms with E-state index in [2.05, 4.69) is 62.2 Å². The Morgan fingerprint density at radius 3 is 2.80 bits per heavy atom. The molecule has 6 heteroatoms. The van der Waals surface area contributed by atoms with Crippen LogP contribution in [0.1, 0.15) is 17.6 Å². The molecule has 2 aromatic heterocycles. The molecule has 3 rings (SSSR count). The Bertz CT molecular complexity index is 777. The smallest absolute Gasteiger partial charge is 0.191 e. The molecule has 0 saturated carbocycles. The van der Waals surface area contributed by atoms with Gasteiger partial charge >= 0.3 is 0 Å². The first-order valence-electron chi connectivity index (χ1n) is 8.49. The van der Waals surface area contributed by atoms with Gasteiger partial charge in [-0.05, 0) is 30.4 Å². The molecule has 0 aliphatic heterocycles. The Morgan fingerprint density at radius 2 is 2.04 bits per heavy atom. The number of imidazole rings is 1. The van der Waals surface area contributed by atoms with Crippen LogP contribution in [0.2, 0.25) is 0 Å². The fourth-order valence-electron chi connectivity index (χ4n) is 2.46. The monoisotopic (exact) mass is 353 g/mol. The molecule has 0 unspecified atom stereocenters. The Balaban J connectivity index is 1.56. The van der Waals surface area contributed by atoms with Gasteiger partial charge in [-0.2, -0.15) is 0 Å². The van der Waals surface area contributed by atoms with Crippen LogP contribution in [0.25, 0.3) is 11.3 Å². The van der Waals surface area contributed by atoms with Gasteiger partial charge in [0.15, 0.2) is 5.96 Å². The van der Waals surface area contributed by atoms with E-state index in [1.807, 2.05) is 24.4 Å². The number of rotatable bonds is 7. The van der Waals surface area contributed by atoms with Crippen LogP contribution >= 0.6 is 11.3 Å². The average molecular weight is 353 g/mol. The summed E-state index contributed by atoms with van der Waals surface area (Å²) < 4.78 is 0. The number of aromatic nitrogens is 2. The summed E-state index contributed by atoms with van der Waals surface area (Å²) in [6.07, 6.45) is 2.86. The number of nitrogens with one attached hydrogen (secondary N) is 3. The lowest BCUT2D eigenvalue weighted by Crippen LogP contribution is -2.38. The van der Waals surface area contributed by atoms with Crippen LogP contribution in [0, 0.1) is 0 Å². The minimum atomic E-state index is 0.515. The van der Waals surface area contributed by atoms with Gasteiger partial charge in [0, 0.05) is 18.0 Å². The van der Waals surface area contributed by atoms with Crippen LogP contribution in [-0.2, 0) is 13.0 Å². The van der Waals surface area contributed by atoms with Gasteiger partial charge in [-0.3, -0.25) is 0 Å². The Labute approximate surface area is 152 Å². The molecule has 2 heterocycles. The van der Waals surface area contributed by atoms with Gasteiger partial charge in [0.05, 0.1) is 11.9 Å². The topological polar surface area (TPSA) is 65.1 Å². The molecule has 0 fully saturated rings. The van der Waals surface area contributed by atoms with Crippen molar-refractivity contribution in [3.05, 3.63) is 64.7 Å². The number of aromatic amines is 1. The molecule has 130 valence electrons. The number of aliphatic imine (C=N–C) groups is 1. The van der Waals surface area contributed by atoms with Gasteiger partial charge < -0.3 is 15.6 Å². The minimum Gasteiger partial charge on any atom is -0.357 e. The number of hydrogen-bond acceptors (Lipinski definition) is 3. The highest BCUT2D eigenvalue weighted by Gasteiger charge is 2.03. The number of thiophene rings is 1. The van der Waals surface area contributed by atoms with E-state index < -0.39 is 0 Å². The number of benzene rings is 1. The van der Waals surface area contributed by atoms with E-state index in [-0.39, 0.29) is 0 Å². The Hall–Kier alpha value is -2.60. The summed E-state index contributed by atoms with van der Waals surface area (Å²) in [4.78, 5) is 13.8. The van der Waals surface area contributed by atoms with Gasteiger partial charge in [-0.1, -0.05) is 36.4 Å². The lowest BCUT2D eigenvalue weighted by atomic mass is 10.2. The van der Waals surface area contributed by atoms with E-state index >= 15 is 0 Å². The highest BCUT2D eigenvalue weighted by molar-refractivity contribution is 7.09. The van der Waals surface area contributed by atoms with Gasteiger partial charge in [0.2, 0.25) is 0 Å². The van der Waals surface area contributed by atoms with Crippen LogP contribution < -0.4 is 10.6 Å². The molecule has 0 atom stereocenters. The van der Waals surface area contributed by atoms with E-state index in [1.165, 1.54) is 4.88 Å². The van der Waals surface area contributed by atoms with Crippen LogP contribution in [0.5, 0.6) is 0 Å². The third-order valence-corrected chi connectivity index (χ3v) is 4.62. The lowest BCUT2D eigenvalue weighted by molar-refractivity contribution is 0.798. The highest BCUT2D eigenvalue weighted by Crippen LogP contribution is 2.16. The second-order valence-corrected chi connectivity index (χ2v) is 6.59. The maximum absolute atomic E-state index is 4.61. The van der Waals surface area contributed by atoms with Crippen LogP contribution in [0.15, 0.2) is 59.0 Å². The highest BCUT2D eigenvalue weighted by atomic mass is 32.1. The van der Waals surface area contributed by atoms with E-state index in [1.54, 1.807) is 11.3 Å².